The summed E-state index contributed by atoms with van der Waals surface area (Å²) in [5.74, 6) is -2.81. The van der Waals surface area contributed by atoms with Crippen LogP contribution in [0.2, 0.25) is 0 Å². The third-order valence-corrected chi connectivity index (χ3v) is 3.52. The van der Waals surface area contributed by atoms with Crippen LogP contribution in [0.4, 0.5) is 10.1 Å². The van der Waals surface area contributed by atoms with E-state index in [1.54, 1.807) is 0 Å². The van der Waals surface area contributed by atoms with Crippen molar-refractivity contribution in [2.75, 3.05) is 18.1 Å². The van der Waals surface area contributed by atoms with Crippen molar-refractivity contribution in [1.29, 1.82) is 0 Å². The van der Waals surface area contributed by atoms with Gasteiger partial charge < -0.3 is 15.2 Å². The summed E-state index contributed by atoms with van der Waals surface area (Å²) < 4.78 is 18.1. The average molecular weight is 333 g/mol. The highest BCUT2D eigenvalue weighted by Crippen LogP contribution is 2.29. The zero-order valence-electron chi connectivity index (χ0n) is 13.1. The number of halogens is 1. The van der Waals surface area contributed by atoms with Gasteiger partial charge in [0.15, 0.2) is 0 Å². The van der Waals surface area contributed by atoms with Crippen LogP contribution in [0.1, 0.15) is 36.5 Å². The minimum atomic E-state index is -0.761. The van der Waals surface area contributed by atoms with E-state index in [9.17, 15) is 18.8 Å². The molecule has 1 aliphatic rings. The lowest BCUT2D eigenvalue weighted by Crippen LogP contribution is -2.31. The summed E-state index contributed by atoms with van der Waals surface area (Å²) in [6.45, 7) is 2.18. The number of benzene rings is 1. The van der Waals surface area contributed by atoms with Crippen LogP contribution in [0.5, 0.6) is 0 Å². The van der Waals surface area contributed by atoms with Gasteiger partial charge >= 0.3 is 11.7 Å². The molecule has 0 fully saturated rings. The fraction of sp³-hybridized carbons (Fsp3) is 0.375. The molecule has 0 saturated heterocycles. The lowest BCUT2D eigenvalue weighted by Gasteiger charge is -2.15. The Bertz CT molecular complexity index is 741. The van der Waals surface area contributed by atoms with Crippen molar-refractivity contribution >= 4 is 29.1 Å². The van der Waals surface area contributed by atoms with E-state index in [0.29, 0.717) is 12.1 Å². The summed E-state index contributed by atoms with van der Waals surface area (Å²) in [5.41, 5.74) is 9.09. The smallest absolute Gasteiger partial charge is 0.416 e. The van der Waals surface area contributed by atoms with Crippen LogP contribution in [-0.4, -0.2) is 41.3 Å². The Balaban J connectivity index is 2.00. The summed E-state index contributed by atoms with van der Waals surface area (Å²) in [5, 5.41) is 0. The first-order chi connectivity index (χ1) is 11.5. The number of carbonyl (C=O) groups excluding carboxylic acids is 3. The molecule has 1 aromatic carbocycles. The Labute approximate surface area is 137 Å². The van der Waals surface area contributed by atoms with Gasteiger partial charge in [0.25, 0.3) is 11.7 Å². The van der Waals surface area contributed by atoms with Gasteiger partial charge in [-0.15, -0.1) is 0 Å². The zero-order valence-corrected chi connectivity index (χ0v) is 13.1. The molecule has 8 heteroatoms. The molecule has 24 heavy (non-hydrogen) atoms. The topological polar surface area (TPSA) is 100 Å². The number of hydrogen-bond donors (Lipinski definition) is 0. The number of amides is 1. The van der Waals surface area contributed by atoms with Crippen molar-refractivity contribution in [2.24, 2.45) is 0 Å². The highest BCUT2D eigenvalue weighted by Gasteiger charge is 2.36. The van der Waals surface area contributed by atoms with E-state index >= 15 is 0 Å². The second kappa shape index (κ2) is 7.61. The number of nitrogens with zero attached hydrogens (tertiary/aromatic N) is 3. The van der Waals surface area contributed by atoms with Crippen molar-refractivity contribution in [3.63, 3.8) is 0 Å². The van der Waals surface area contributed by atoms with Crippen molar-refractivity contribution in [3.8, 4) is 0 Å². The summed E-state index contributed by atoms with van der Waals surface area (Å²) in [7, 11) is 0. The molecule has 1 aromatic rings. The number of ether oxygens (including phenoxy) is 1. The maximum Gasteiger partial charge on any atom is 0.416 e. The normalized spacial score (nSPS) is 12.8. The molecular formula is C16H16FN3O4. The van der Waals surface area contributed by atoms with E-state index in [4.69, 9.17) is 10.3 Å². The van der Waals surface area contributed by atoms with Gasteiger partial charge in [-0.05, 0) is 31.0 Å². The van der Waals surface area contributed by atoms with Crippen LogP contribution < -0.4 is 4.90 Å². The lowest BCUT2D eigenvalue weighted by molar-refractivity contribution is -0.140. The third-order valence-electron chi connectivity index (χ3n) is 3.52. The number of hydrogen-bond acceptors (Lipinski definition) is 4. The quantitative estimate of drug-likeness (QED) is 0.249. The first-order valence-corrected chi connectivity index (χ1v) is 7.53. The van der Waals surface area contributed by atoms with Crippen LogP contribution in [0, 0.1) is 5.82 Å². The number of esters is 1. The summed E-state index contributed by atoms with van der Waals surface area (Å²) >= 11 is 0. The van der Waals surface area contributed by atoms with E-state index in [1.807, 2.05) is 6.92 Å². The molecule has 0 radical (unpaired) electrons. The largest absolute Gasteiger partial charge is 0.457 e. The summed E-state index contributed by atoms with van der Waals surface area (Å²) in [6, 6.07) is 3.56. The number of ketones is 1. The van der Waals surface area contributed by atoms with E-state index in [0.717, 1.165) is 6.07 Å². The zero-order chi connectivity index (χ0) is 17.7. The van der Waals surface area contributed by atoms with Gasteiger partial charge in [-0.25, -0.2) is 9.18 Å². The maximum atomic E-state index is 13.2. The van der Waals surface area contributed by atoms with Crippen LogP contribution >= 0.6 is 0 Å². The molecule has 1 aliphatic heterocycles. The fourth-order valence-corrected chi connectivity index (χ4v) is 2.37. The molecule has 0 unspecified atom stereocenters. The summed E-state index contributed by atoms with van der Waals surface area (Å²) in [6.07, 6.45) is 0.992. The van der Waals surface area contributed by atoms with Crippen LogP contribution in [-0.2, 0) is 14.3 Å². The molecule has 0 aliphatic carbocycles. The first kappa shape index (κ1) is 17.5. The number of carbonyl (C=O) groups is 3. The van der Waals surface area contributed by atoms with E-state index in [1.165, 1.54) is 17.0 Å². The monoisotopic (exact) mass is 333 g/mol. The Kier molecular flexibility index (Phi) is 5.55. The van der Waals surface area contributed by atoms with Gasteiger partial charge in [-0.1, -0.05) is 6.92 Å². The Hall–Kier alpha value is -2.86. The standard InChI is InChI=1S/C16H16FN3O4/c1-2-8-24-16(23)12(19-18)4-3-7-20-13-6-5-10(17)9-11(13)14(21)15(20)22/h5-6,9H,2-4,7-8H2,1H3. The highest BCUT2D eigenvalue weighted by atomic mass is 19.1. The molecule has 126 valence electrons. The molecule has 1 amide bonds. The van der Waals surface area contributed by atoms with E-state index in [2.05, 4.69) is 4.79 Å². The molecule has 2 rings (SSSR count). The van der Waals surface area contributed by atoms with Crippen molar-refractivity contribution in [3.05, 3.63) is 35.1 Å². The summed E-state index contributed by atoms with van der Waals surface area (Å²) in [4.78, 5) is 39.6. The van der Waals surface area contributed by atoms with E-state index < -0.39 is 23.5 Å². The molecule has 0 aromatic heterocycles. The average Bonchev–Trinajstić information content (AvgIpc) is 2.81. The van der Waals surface area contributed by atoms with Crippen molar-refractivity contribution in [2.45, 2.75) is 26.2 Å². The molecule has 0 spiro atoms. The number of fused-ring (bicyclic) bond motifs is 1. The molecule has 0 N–H and O–H groups in total. The van der Waals surface area contributed by atoms with E-state index in [-0.39, 0.29) is 37.3 Å². The van der Waals surface area contributed by atoms with Gasteiger partial charge in [0.2, 0.25) is 0 Å². The predicted molar refractivity (Wildman–Crippen MR) is 82.2 cm³/mol. The second-order valence-electron chi connectivity index (χ2n) is 5.23. The van der Waals surface area contributed by atoms with Crippen LogP contribution in [0.3, 0.4) is 0 Å². The molecular weight excluding hydrogens is 317 g/mol. The number of rotatable bonds is 7. The Morgan fingerprint density at radius 1 is 1.38 bits per heavy atom. The fourth-order valence-electron chi connectivity index (χ4n) is 2.37. The minimum Gasteiger partial charge on any atom is -0.457 e. The molecule has 0 bridgehead atoms. The van der Waals surface area contributed by atoms with Crippen LogP contribution in [0.25, 0.3) is 5.53 Å². The van der Waals surface area contributed by atoms with Gasteiger partial charge in [-0.3, -0.25) is 9.59 Å². The van der Waals surface area contributed by atoms with Crippen LogP contribution in [0.15, 0.2) is 18.2 Å². The number of anilines is 1. The molecule has 1 heterocycles. The first-order valence-electron chi connectivity index (χ1n) is 7.53. The van der Waals surface area contributed by atoms with Gasteiger partial charge in [0.05, 0.1) is 24.3 Å². The van der Waals surface area contributed by atoms with Crippen molar-refractivity contribution in [1.82, 2.24) is 0 Å². The molecule has 0 atom stereocenters. The third kappa shape index (κ3) is 3.55. The highest BCUT2D eigenvalue weighted by molar-refractivity contribution is 6.52. The van der Waals surface area contributed by atoms with Gasteiger partial charge in [0.1, 0.15) is 5.82 Å². The van der Waals surface area contributed by atoms with Gasteiger partial charge in [-0.2, -0.15) is 4.79 Å². The minimum absolute atomic E-state index is 0.0263. The second-order valence-corrected chi connectivity index (χ2v) is 5.23. The maximum absolute atomic E-state index is 13.2. The SMILES string of the molecule is CCCOC(=O)C(CCCN1C(=O)C(=O)c2cc(F)ccc21)=[N+]=[N-]. The van der Waals surface area contributed by atoms with Crippen molar-refractivity contribution < 1.29 is 28.3 Å². The predicted octanol–water partition coefficient (Wildman–Crippen LogP) is 1.76. The molecule has 7 nitrogen and oxygen atoms in total. The number of Topliss-reactive ketones (excluding diaryl/α,β-unsaturated/α-hetero) is 1. The van der Waals surface area contributed by atoms with Gasteiger partial charge in [0, 0.05) is 6.54 Å². The Morgan fingerprint density at radius 2 is 2.12 bits per heavy atom. The Morgan fingerprint density at radius 3 is 2.79 bits per heavy atom. The lowest BCUT2D eigenvalue weighted by atomic mass is 10.1. The molecule has 0 saturated carbocycles.